The minimum absolute atomic E-state index is 0.0461. The lowest BCUT2D eigenvalue weighted by Crippen LogP contribution is -2.27. The summed E-state index contributed by atoms with van der Waals surface area (Å²) in [6.45, 7) is 0. The Morgan fingerprint density at radius 1 is 1.15 bits per heavy atom. The SMILES string of the molecule is O=C1C[C@@H](Cl)C(=O)c2ccccc21. The topological polar surface area (TPSA) is 34.1 Å². The van der Waals surface area contributed by atoms with Crippen LogP contribution in [0.1, 0.15) is 27.1 Å². The van der Waals surface area contributed by atoms with Crippen molar-refractivity contribution in [1.29, 1.82) is 0 Å². The van der Waals surface area contributed by atoms with Crippen molar-refractivity contribution in [3.8, 4) is 0 Å². The molecule has 2 rings (SSSR count). The fraction of sp³-hybridized carbons (Fsp3) is 0.200. The second-order valence-corrected chi connectivity index (χ2v) is 3.53. The molecule has 0 amide bonds. The van der Waals surface area contributed by atoms with E-state index in [0.717, 1.165) is 0 Å². The summed E-state index contributed by atoms with van der Waals surface area (Å²) in [6.07, 6.45) is 0.122. The molecule has 3 heteroatoms. The van der Waals surface area contributed by atoms with Crippen molar-refractivity contribution in [3.05, 3.63) is 35.4 Å². The van der Waals surface area contributed by atoms with E-state index in [9.17, 15) is 9.59 Å². The Labute approximate surface area is 80.5 Å². The van der Waals surface area contributed by atoms with Gasteiger partial charge in [-0.2, -0.15) is 0 Å². The normalized spacial score (nSPS) is 21.5. The Kier molecular flexibility index (Phi) is 1.93. The number of hydrogen-bond donors (Lipinski definition) is 0. The van der Waals surface area contributed by atoms with Crippen LogP contribution in [0, 0.1) is 0 Å². The highest BCUT2D eigenvalue weighted by Gasteiger charge is 2.30. The summed E-state index contributed by atoms with van der Waals surface area (Å²) in [5.74, 6) is -0.188. The average Bonchev–Trinajstić information content (AvgIpc) is 2.15. The lowest BCUT2D eigenvalue weighted by molar-refractivity contribution is 0.0895. The van der Waals surface area contributed by atoms with Crippen molar-refractivity contribution in [2.45, 2.75) is 11.8 Å². The van der Waals surface area contributed by atoms with Crippen LogP contribution in [0.2, 0.25) is 0 Å². The number of carbonyl (C=O) groups excluding carboxylic acids is 2. The minimum Gasteiger partial charge on any atom is -0.294 e. The van der Waals surface area contributed by atoms with E-state index in [1.54, 1.807) is 24.3 Å². The van der Waals surface area contributed by atoms with E-state index < -0.39 is 5.38 Å². The van der Waals surface area contributed by atoms with Crippen molar-refractivity contribution < 1.29 is 9.59 Å². The second kappa shape index (κ2) is 2.96. The lowest BCUT2D eigenvalue weighted by Gasteiger charge is -2.16. The molecule has 0 radical (unpaired) electrons. The number of fused-ring (bicyclic) bond motifs is 1. The van der Waals surface area contributed by atoms with Gasteiger partial charge in [0.05, 0.1) is 0 Å². The zero-order valence-corrected chi connectivity index (χ0v) is 7.54. The van der Waals surface area contributed by atoms with Gasteiger partial charge in [-0.3, -0.25) is 9.59 Å². The number of carbonyl (C=O) groups is 2. The summed E-state index contributed by atoms with van der Waals surface area (Å²) in [5.41, 5.74) is 0.961. The predicted molar refractivity (Wildman–Crippen MR) is 49.4 cm³/mol. The summed E-state index contributed by atoms with van der Waals surface area (Å²) in [5, 5.41) is -0.678. The fourth-order valence-corrected chi connectivity index (χ4v) is 1.73. The van der Waals surface area contributed by atoms with Gasteiger partial charge in [0.1, 0.15) is 5.38 Å². The summed E-state index contributed by atoms with van der Waals surface area (Å²) < 4.78 is 0. The Morgan fingerprint density at radius 3 is 2.46 bits per heavy atom. The van der Waals surface area contributed by atoms with Gasteiger partial charge in [-0.05, 0) is 0 Å². The largest absolute Gasteiger partial charge is 0.294 e. The van der Waals surface area contributed by atoms with Crippen LogP contribution in [0.15, 0.2) is 24.3 Å². The molecule has 0 saturated carbocycles. The van der Waals surface area contributed by atoms with E-state index >= 15 is 0 Å². The maximum Gasteiger partial charge on any atom is 0.181 e. The number of ketones is 2. The molecule has 0 spiro atoms. The van der Waals surface area contributed by atoms with Gasteiger partial charge in [-0.1, -0.05) is 24.3 Å². The number of hydrogen-bond acceptors (Lipinski definition) is 2. The molecule has 0 aromatic heterocycles. The van der Waals surface area contributed by atoms with Crippen LogP contribution in [0.4, 0.5) is 0 Å². The molecular formula is C10H7ClO2. The maximum absolute atomic E-state index is 11.5. The third-order valence-electron chi connectivity index (χ3n) is 2.14. The number of Topliss-reactive ketones (excluding diaryl/α,β-unsaturated/α-hetero) is 2. The highest BCUT2D eigenvalue weighted by Crippen LogP contribution is 2.24. The number of benzene rings is 1. The number of halogens is 1. The quantitative estimate of drug-likeness (QED) is 0.593. The third kappa shape index (κ3) is 1.27. The summed E-state index contributed by atoms with van der Waals surface area (Å²) in [4.78, 5) is 22.9. The first-order chi connectivity index (χ1) is 6.20. The number of rotatable bonds is 0. The fourth-order valence-electron chi connectivity index (χ4n) is 1.48. The first kappa shape index (κ1) is 8.45. The Bertz CT molecular complexity index is 384. The standard InChI is InChI=1S/C10H7ClO2/c11-8-5-9(12)6-3-1-2-4-7(6)10(8)13/h1-4,8H,5H2/t8-/m1/s1. The smallest absolute Gasteiger partial charge is 0.181 e. The van der Waals surface area contributed by atoms with Crippen LogP contribution < -0.4 is 0 Å². The zero-order valence-electron chi connectivity index (χ0n) is 6.79. The van der Waals surface area contributed by atoms with Gasteiger partial charge in [0.2, 0.25) is 0 Å². The van der Waals surface area contributed by atoms with Crippen molar-refractivity contribution in [1.82, 2.24) is 0 Å². The van der Waals surface area contributed by atoms with Crippen LogP contribution in [-0.2, 0) is 0 Å². The number of alkyl halides is 1. The second-order valence-electron chi connectivity index (χ2n) is 3.00. The molecule has 1 aromatic rings. The van der Waals surface area contributed by atoms with E-state index in [1.807, 2.05) is 0 Å². The molecule has 66 valence electrons. The average molecular weight is 195 g/mol. The molecule has 1 aliphatic rings. The summed E-state index contributed by atoms with van der Waals surface area (Å²) >= 11 is 5.72. The zero-order chi connectivity index (χ0) is 9.42. The molecular weight excluding hydrogens is 188 g/mol. The van der Waals surface area contributed by atoms with Gasteiger partial charge >= 0.3 is 0 Å². The molecule has 13 heavy (non-hydrogen) atoms. The van der Waals surface area contributed by atoms with Crippen LogP contribution in [0.3, 0.4) is 0 Å². The Hall–Kier alpha value is -1.15. The molecule has 1 atom stereocenters. The predicted octanol–water partition coefficient (Wildman–Crippen LogP) is 2.06. The molecule has 0 aliphatic heterocycles. The highest BCUT2D eigenvalue weighted by molar-refractivity contribution is 6.38. The van der Waals surface area contributed by atoms with E-state index in [2.05, 4.69) is 0 Å². The van der Waals surface area contributed by atoms with Crippen LogP contribution in [0.5, 0.6) is 0 Å². The minimum atomic E-state index is -0.678. The highest BCUT2D eigenvalue weighted by atomic mass is 35.5. The van der Waals surface area contributed by atoms with Gasteiger partial charge in [-0.15, -0.1) is 11.6 Å². The van der Waals surface area contributed by atoms with Crippen molar-refractivity contribution >= 4 is 23.2 Å². The lowest BCUT2D eigenvalue weighted by atomic mass is 9.89. The van der Waals surface area contributed by atoms with E-state index in [4.69, 9.17) is 11.6 Å². The molecule has 0 bridgehead atoms. The molecule has 1 aliphatic carbocycles. The van der Waals surface area contributed by atoms with Gasteiger partial charge in [0.15, 0.2) is 11.6 Å². The molecule has 0 heterocycles. The molecule has 0 saturated heterocycles. The third-order valence-corrected chi connectivity index (χ3v) is 2.49. The van der Waals surface area contributed by atoms with Gasteiger partial charge < -0.3 is 0 Å². The van der Waals surface area contributed by atoms with E-state index in [-0.39, 0.29) is 18.0 Å². The molecule has 2 nitrogen and oxygen atoms in total. The van der Waals surface area contributed by atoms with Crippen LogP contribution in [-0.4, -0.2) is 16.9 Å². The van der Waals surface area contributed by atoms with Crippen molar-refractivity contribution in [2.24, 2.45) is 0 Å². The maximum atomic E-state index is 11.5. The van der Waals surface area contributed by atoms with Gasteiger partial charge in [-0.25, -0.2) is 0 Å². The molecule has 1 aromatic carbocycles. The Morgan fingerprint density at radius 2 is 1.77 bits per heavy atom. The van der Waals surface area contributed by atoms with Gasteiger partial charge in [0.25, 0.3) is 0 Å². The van der Waals surface area contributed by atoms with Gasteiger partial charge in [0, 0.05) is 17.5 Å². The first-order valence-electron chi connectivity index (χ1n) is 4.00. The molecule has 0 N–H and O–H groups in total. The van der Waals surface area contributed by atoms with Crippen LogP contribution >= 0.6 is 11.6 Å². The molecule has 0 unspecified atom stereocenters. The monoisotopic (exact) mass is 194 g/mol. The summed E-state index contributed by atoms with van der Waals surface area (Å²) in [6, 6.07) is 6.79. The Balaban J connectivity index is 2.60. The first-order valence-corrected chi connectivity index (χ1v) is 4.44. The van der Waals surface area contributed by atoms with Crippen LogP contribution in [0.25, 0.3) is 0 Å². The molecule has 0 fully saturated rings. The van der Waals surface area contributed by atoms with Crippen molar-refractivity contribution in [3.63, 3.8) is 0 Å². The van der Waals surface area contributed by atoms with E-state index in [1.165, 1.54) is 0 Å². The van der Waals surface area contributed by atoms with E-state index in [0.29, 0.717) is 11.1 Å². The van der Waals surface area contributed by atoms with Crippen molar-refractivity contribution in [2.75, 3.05) is 0 Å². The summed E-state index contributed by atoms with van der Waals surface area (Å²) in [7, 11) is 0.